The molecule has 0 fully saturated rings. The van der Waals surface area contributed by atoms with E-state index in [4.69, 9.17) is 5.73 Å². The Morgan fingerprint density at radius 2 is 1.79 bits per heavy atom. The van der Waals surface area contributed by atoms with Gasteiger partial charge in [0.1, 0.15) is 0 Å². The van der Waals surface area contributed by atoms with Crippen molar-refractivity contribution < 1.29 is 0 Å². The number of nitrogens with two attached hydrogens (primary N) is 1. The van der Waals surface area contributed by atoms with Gasteiger partial charge in [-0.15, -0.1) is 0 Å². The van der Waals surface area contributed by atoms with Crippen molar-refractivity contribution >= 4 is 10.9 Å². The third-order valence-electron chi connectivity index (χ3n) is 4.65. The first-order valence-electron chi connectivity index (χ1n) is 7.15. The van der Waals surface area contributed by atoms with E-state index in [-0.39, 0.29) is 0 Å². The molecule has 2 nitrogen and oxygen atoms in total. The van der Waals surface area contributed by atoms with Crippen molar-refractivity contribution in [3.8, 4) is 0 Å². The van der Waals surface area contributed by atoms with Crippen LogP contribution in [-0.2, 0) is 7.05 Å². The molecule has 2 heteroatoms. The lowest BCUT2D eigenvalue weighted by atomic mass is 9.86. The molecule has 0 bridgehead atoms. The van der Waals surface area contributed by atoms with Crippen molar-refractivity contribution in [2.24, 2.45) is 18.7 Å². The van der Waals surface area contributed by atoms with Crippen LogP contribution < -0.4 is 5.73 Å². The van der Waals surface area contributed by atoms with E-state index in [0.717, 1.165) is 0 Å². The van der Waals surface area contributed by atoms with E-state index >= 15 is 0 Å². The molecule has 1 unspecified atom stereocenters. The second-order valence-electron chi connectivity index (χ2n) is 6.05. The van der Waals surface area contributed by atoms with Gasteiger partial charge in [0.25, 0.3) is 0 Å². The van der Waals surface area contributed by atoms with Gasteiger partial charge < -0.3 is 10.3 Å². The van der Waals surface area contributed by atoms with Crippen molar-refractivity contribution in [2.75, 3.05) is 6.54 Å². The van der Waals surface area contributed by atoms with Gasteiger partial charge in [-0.05, 0) is 49.9 Å². The smallest absolute Gasteiger partial charge is 0.0515 e. The highest BCUT2D eigenvalue weighted by Crippen LogP contribution is 2.36. The van der Waals surface area contributed by atoms with Gasteiger partial charge in [0, 0.05) is 24.0 Å². The van der Waals surface area contributed by atoms with Crippen LogP contribution in [-0.4, -0.2) is 11.1 Å². The molecule has 1 atom stereocenters. The molecule has 2 N–H and O–H groups in total. The van der Waals surface area contributed by atoms with Crippen molar-refractivity contribution in [3.05, 3.63) is 34.5 Å². The molecule has 0 amide bonds. The zero-order valence-electron chi connectivity index (χ0n) is 13.0. The predicted molar refractivity (Wildman–Crippen MR) is 83.8 cm³/mol. The number of hydrogen-bond donors (Lipinski definition) is 1. The van der Waals surface area contributed by atoms with Gasteiger partial charge in [0.15, 0.2) is 0 Å². The maximum Gasteiger partial charge on any atom is 0.0515 e. The summed E-state index contributed by atoms with van der Waals surface area (Å²) < 4.78 is 2.33. The number of hydrogen-bond acceptors (Lipinski definition) is 1. The lowest BCUT2D eigenvalue weighted by Gasteiger charge is -2.20. The topological polar surface area (TPSA) is 30.9 Å². The van der Waals surface area contributed by atoms with Crippen molar-refractivity contribution in [1.29, 1.82) is 0 Å². The second-order valence-corrected chi connectivity index (χ2v) is 6.05. The summed E-state index contributed by atoms with van der Waals surface area (Å²) in [5, 5.41) is 1.38. The largest absolute Gasteiger partial charge is 0.347 e. The number of nitrogens with zero attached hydrogens (tertiary/aromatic N) is 1. The summed E-state index contributed by atoms with van der Waals surface area (Å²) in [6, 6.07) is 4.50. The first-order valence-corrected chi connectivity index (χ1v) is 7.15. The molecule has 2 rings (SSSR count). The third-order valence-corrected chi connectivity index (χ3v) is 4.65. The molecule has 0 saturated carbocycles. The molecule has 0 aliphatic carbocycles. The molecule has 1 aromatic heterocycles. The van der Waals surface area contributed by atoms with Crippen LogP contribution in [0.3, 0.4) is 0 Å². The highest BCUT2D eigenvalue weighted by molar-refractivity contribution is 5.89. The second kappa shape index (κ2) is 5.01. The van der Waals surface area contributed by atoms with Crippen LogP contribution in [0.15, 0.2) is 12.1 Å². The fraction of sp³-hybridized carbons (Fsp3) is 0.529. The molecular weight excluding hydrogens is 232 g/mol. The Hall–Kier alpha value is -1.28. The highest BCUT2D eigenvalue weighted by atomic mass is 14.9. The minimum Gasteiger partial charge on any atom is -0.347 e. The van der Waals surface area contributed by atoms with E-state index in [2.05, 4.69) is 58.4 Å². The summed E-state index contributed by atoms with van der Waals surface area (Å²) in [4.78, 5) is 0. The van der Waals surface area contributed by atoms with Crippen LogP contribution in [0.4, 0.5) is 0 Å². The van der Waals surface area contributed by atoms with Crippen LogP contribution in [0, 0.1) is 26.7 Å². The van der Waals surface area contributed by atoms with E-state index in [1.165, 1.54) is 33.3 Å². The van der Waals surface area contributed by atoms with Crippen molar-refractivity contribution in [3.63, 3.8) is 0 Å². The first-order chi connectivity index (χ1) is 8.90. The van der Waals surface area contributed by atoms with Gasteiger partial charge in [0.05, 0.1) is 5.52 Å². The summed E-state index contributed by atoms with van der Waals surface area (Å²) in [6.45, 7) is 11.8. The van der Waals surface area contributed by atoms with Gasteiger partial charge in [-0.25, -0.2) is 0 Å². The Kier molecular flexibility index (Phi) is 3.73. The number of rotatable bonds is 3. The molecule has 0 radical (unpaired) electrons. The average Bonchev–Trinajstić information content (AvgIpc) is 2.60. The predicted octanol–water partition coefficient (Wildman–Crippen LogP) is 3.80. The number of aryl methyl sites for hydroxylation is 3. The van der Waals surface area contributed by atoms with Gasteiger partial charge in [0.2, 0.25) is 0 Å². The van der Waals surface area contributed by atoms with E-state index in [9.17, 15) is 0 Å². The van der Waals surface area contributed by atoms with E-state index in [0.29, 0.717) is 18.4 Å². The summed E-state index contributed by atoms with van der Waals surface area (Å²) in [5.41, 5.74) is 12.9. The highest BCUT2D eigenvalue weighted by Gasteiger charge is 2.23. The summed E-state index contributed by atoms with van der Waals surface area (Å²) >= 11 is 0. The standard InChI is InChI=1S/C17H26N2/c1-10(2)15(9-18)16-13(5)19(6)17-12(4)11(3)7-8-14(16)17/h7-8,10,15H,9,18H2,1-6H3. The van der Waals surface area contributed by atoms with E-state index < -0.39 is 0 Å². The van der Waals surface area contributed by atoms with Crippen LogP contribution in [0.1, 0.15) is 42.1 Å². The van der Waals surface area contributed by atoms with E-state index in [1.807, 2.05) is 0 Å². The van der Waals surface area contributed by atoms with Gasteiger partial charge in [-0.3, -0.25) is 0 Å². The number of aromatic nitrogens is 1. The first kappa shape index (κ1) is 14.1. The van der Waals surface area contributed by atoms with Gasteiger partial charge in [-0.2, -0.15) is 0 Å². The molecule has 2 aromatic rings. The Bertz CT molecular complexity index is 605. The van der Waals surface area contributed by atoms with Gasteiger partial charge in [-0.1, -0.05) is 26.0 Å². The zero-order chi connectivity index (χ0) is 14.3. The summed E-state index contributed by atoms with van der Waals surface area (Å²) in [6.07, 6.45) is 0. The lowest BCUT2D eigenvalue weighted by Crippen LogP contribution is -2.18. The van der Waals surface area contributed by atoms with Crippen LogP contribution >= 0.6 is 0 Å². The third kappa shape index (κ3) is 2.08. The number of fused-ring (bicyclic) bond motifs is 1. The monoisotopic (exact) mass is 258 g/mol. The van der Waals surface area contributed by atoms with E-state index in [1.54, 1.807) is 0 Å². The van der Waals surface area contributed by atoms with Crippen LogP contribution in [0.2, 0.25) is 0 Å². The minimum absolute atomic E-state index is 0.436. The minimum atomic E-state index is 0.436. The Balaban J connectivity index is 2.82. The maximum absolute atomic E-state index is 6.03. The maximum atomic E-state index is 6.03. The lowest BCUT2D eigenvalue weighted by molar-refractivity contribution is 0.506. The van der Waals surface area contributed by atoms with Crippen molar-refractivity contribution in [1.82, 2.24) is 4.57 Å². The molecule has 104 valence electrons. The molecular formula is C17H26N2. The fourth-order valence-electron chi connectivity index (χ4n) is 3.19. The Morgan fingerprint density at radius 1 is 1.16 bits per heavy atom. The number of benzene rings is 1. The zero-order valence-corrected chi connectivity index (χ0v) is 13.0. The quantitative estimate of drug-likeness (QED) is 0.892. The van der Waals surface area contributed by atoms with Crippen LogP contribution in [0.25, 0.3) is 10.9 Å². The molecule has 19 heavy (non-hydrogen) atoms. The van der Waals surface area contributed by atoms with Crippen LogP contribution in [0.5, 0.6) is 0 Å². The summed E-state index contributed by atoms with van der Waals surface area (Å²) in [5.74, 6) is 1.00. The van der Waals surface area contributed by atoms with Crippen molar-refractivity contribution in [2.45, 2.75) is 40.5 Å². The molecule has 0 spiro atoms. The Morgan fingerprint density at radius 3 is 2.32 bits per heavy atom. The summed E-state index contributed by atoms with van der Waals surface area (Å²) in [7, 11) is 2.17. The normalized spacial score (nSPS) is 13.5. The molecule has 1 aromatic carbocycles. The average molecular weight is 258 g/mol. The van der Waals surface area contributed by atoms with Gasteiger partial charge >= 0.3 is 0 Å². The molecule has 0 saturated heterocycles. The molecule has 1 heterocycles. The fourth-order valence-corrected chi connectivity index (χ4v) is 3.19. The molecule has 0 aliphatic rings. The molecule has 0 aliphatic heterocycles. The SMILES string of the molecule is Cc1ccc2c(C(CN)C(C)C)c(C)n(C)c2c1C. The Labute approximate surface area is 116 Å².